The summed E-state index contributed by atoms with van der Waals surface area (Å²) in [7, 11) is 0. The normalized spacial score (nSPS) is 10.2. The van der Waals surface area contributed by atoms with Crippen LogP contribution in [0.4, 0.5) is 0 Å². The zero-order valence-corrected chi connectivity index (χ0v) is 8.87. The van der Waals surface area contributed by atoms with E-state index in [2.05, 4.69) is 5.32 Å². The van der Waals surface area contributed by atoms with E-state index in [1.165, 1.54) is 0 Å². The molecule has 4 heteroatoms. The maximum absolute atomic E-state index is 11.3. The van der Waals surface area contributed by atoms with E-state index in [4.69, 9.17) is 10.2 Å². The lowest BCUT2D eigenvalue weighted by Crippen LogP contribution is -2.22. The molecule has 1 heterocycles. The number of carbonyl (C=O) groups is 1. The second kappa shape index (κ2) is 7.06. The standard InChI is InChI=1S/C11H18N2O2/c12-6-3-1-2-4-11(14)13-8-10-5-7-15-9-10/h5,7,9H,1-4,6,8,12H2,(H,13,14). The SMILES string of the molecule is NCCCCCC(=O)NCc1ccoc1. The summed E-state index contributed by atoms with van der Waals surface area (Å²) >= 11 is 0. The van der Waals surface area contributed by atoms with Gasteiger partial charge in [0, 0.05) is 18.5 Å². The van der Waals surface area contributed by atoms with Crippen LogP contribution >= 0.6 is 0 Å². The number of amides is 1. The predicted molar refractivity (Wildman–Crippen MR) is 58.1 cm³/mol. The van der Waals surface area contributed by atoms with E-state index < -0.39 is 0 Å². The first-order valence-electron chi connectivity index (χ1n) is 5.31. The molecule has 0 saturated carbocycles. The highest BCUT2D eigenvalue weighted by atomic mass is 16.3. The first kappa shape index (κ1) is 11.8. The van der Waals surface area contributed by atoms with Gasteiger partial charge >= 0.3 is 0 Å². The maximum Gasteiger partial charge on any atom is 0.220 e. The number of carbonyl (C=O) groups excluding carboxylic acids is 1. The lowest BCUT2D eigenvalue weighted by Gasteiger charge is -2.02. The van der Waals surface area contributed by atoms with Crippen molar-refractivity contribution in [3.8, 4) is 0 Å². The van der Waals surface area contributed by atoms with Crippen LogP contribution < -0.4 is 11.1 Å². The number of hydrogen-bond acceptors (Lipinski definition) is 3. The van der Waals surface area contributed by atoms with Crippen LogP contribution in [-0.2, 0) is 11.3 Å². The molecule has 0 aliphatic heterocycles. The average Bonchev–Trinajstić information content (AvgIpc) is 2.74. The van der Waals surface area contributed by atoms with E-state index in [1.54, 1.807) is 12.5 Å². The van der Waals surface area contributed by atoms with Gasteiger partial charge in [0.1, 0.15) is 0 Å². The molecule has 0 spiro atoms. The van der Waals surface area contributed by atoms with Crippen molar-refractivity contribution in [3.05, 3.63) is 24.2 Å². The molecular formula is C11H18N2O2. The Bertz CT molecular complexity index is 270. The van der Waals surface area contributed by atoms with Crippen molar-refractivity contribution >= 4 is 5.91 Å². The van der Waals surface area contributed by atoms with Crippen LogP contribution in [0.25, 0.3) is 0 Å². The molecular weight excluding hydrogens is 192 g/mol. The summed E-state index contributed by atoms with van der Waals surface area (Å²) in [5.74, 6) is 0.0909. The van der Waals surface area contributed by atoms with Crippen molar-refractivity contribution in [2.45, 2.75) is 32.2 Å². The molecule has 0 radical (unpaired) electrons. The van der Waals surface area contributed by atoms with Crippen molar-refractivity contribution in [1.82, 2.24) is 5.32 Å². The highest BCUT2D eigenvalue weighted by Gasteiger charge is 2.01. The zero-order valence-electron chi connectivity index (χ0n) is 8.87. The largest absolute Gasteiger partial charge is 0.472 e. The molecule has 0 fully saturated rings. The van der Waals surface area contributed by atoms with Crippen LogP contribution in [0.15, 0.2) is 23.0 Å². The van der Waals surface area contributed by atoms with Crippen molar-refractivity contribution in [1.29, 1.82) is 0 Å². The molecule has 4 nitrogen and oxygen atoms in total. The summed E-state index contributed by atoms with van der Waals surface area (Å²) in [5.41, 5.74) is 6.35. The second-order valence-electron chi connectivity index (χ2n) is 3.51. The number of nitrogens with two attached hydrogens (primary N) is 1. The third kappa shape index (κ3) is 5.22. The van der Waals surface area contributed by atoms with E-state index >= 15 is 0 Å². The minimum atomic E-state index is 0.0909. The van der Waals surface area contributed by atoms with Gasteiger partial charge in [-0.3, -0.25) is 4.79 Å². The van der Waals surface area contributed by atoms with Crippen LogP contribution in [0, 0.1) is 0 Å². The van der Waals surface area contributed by atoms with E-state index in [1.807, 2.05) is 6.07 Å². The summed E-state index contributed by atoms with van der Waals surface area (Å²) in [6.45, 7) is 1.25. The molecule has 84 valence electrons. The maximum atomic E-state index is 11.3. The number of unbranched alkanes of at least 4 members (excludes halogenated alkanes) is 2. The van der Waals surface area contributed by atoms with Gasteiger partial charge in [0.15, 0.2) is 0 Å². The monoisotopic (exact) mass is 210 g/mol. The van der Waals surface area contributed by atoms with Crippen LogP contribution in [0.1, 0.15) is 31.2 Å². The van der Waals surface area contributed by atoms with Crippen LogP contribution in [0.5, 0.6) is 0 Å². The van der Waals surface area contributed by atoms with Gasteiger partial charge in [0.25, 0.3) is 0 Å². The Morgan fingerprint density at radius 3 is 2.93 bits per heavy atom. The number of hydrogen-bond donors (Lipinski definition) is 2. The molecule has 1 rings (SSSR count). The minimum Gasteiger partial charge on any atom is -0.472 e. The number of rotatable bonds is 7. The fraction of sp³-hybridized carbons (Fsp3) is 0.545. The molecule has 3 N–H and O–H groups in total. The summed E-state index contributed by atoms with van der Waals surface area (Å²) in [4.78, 5) is 11.3. The molecule has 0 unspecified atom stereocenters. The number of nitrogens with one attached hydrogen (secondary N) is 1. The minimum absolute atomic E-state index is 0.0909. The fourth-order valence-electron chi connectivity index (χ4n) is 1.29. The second-order valence-corrected chi connectivity index (χ2v) is 3.51. The zero-order chi connectivity index (χ0) is 10.9. The fourth-order valence-corrected chi connectivity index (χ4v) is 1.29. The molecule has 0 aliphatic carbocycles. The third-order valence-electron chi connectivity index (χ3n) is 2.18. The summed E-state index contributed by atoms with van der Waals surface area (Å²) < 4.78 is 4.89. The van der Waals surface area contributed by atoms with Crippen molar-refractivity contribution < 1.29 is 9.21 Å². The summed E-state index contributed by atoms with van der Waals surface area (Å²) in [5, 5.41) is 2.83. The van der Waals surface area contributed by atoms with Crippen LogP contribution in [0.3, 0.4) is 0 Å². The molecule has 0 aliphatic rings. The molecule has 1 amide bonds. The molecule has 0 atom stereocenters. The molecule has 0 saturated heterocycles. The Labute approximate surface area is 89.8 Å². The Morgan fingerprint density at radius 2 is 2.27 bits per heavy atom. The Balaban J connectivity index is 2.04. The highest BCUT2D eigenvalue weighted by Crippen LogP contribution is 2.01. The van der Waals surface area contributed by atoms with Crippen LogP contribution in [0.2, 0.25) is 0 Å². The van der Waals surface area contributed by atoms with Gasteiger partial charge in [-0.15, -0.1) is 0 Å². The van der Waals surface area contributed by atoms with Crippen LogP contribution in [-0.4, -0.2) is 12.5 Å². The Morgan fingerprint density at radius 1 is 1.40 bits per heavy atom. The van der Waals surface area contributed by atoms with Gasteiger partial charge in [0.2, 0.25) is 5.91 Å². The van der Waals surface area contributed by atoms with E-state index in [9.17, 15) is 4.79 Å². The first-order chi connectivity index (χ1) is 7.33. The third-order valence-corrected chi connectivity index (χ3v) is 2.18. The lowest BCUT2D eigenvalue weighted by molar-refractivity contribution is -0.121. The van der Waals surface area contributed by atoms with E-state index in [0.29, 0.717) is 19.5 Å². The van der Waals surface area contributed by atoms with E-state index in [-0.39, 0.29) is 5.91 Å². The first-order valence-corrected chi connectivity index (χ1v) is 5.31. The molecule has 1 aromatic rings. The Kier molecular flexibility index (Phi) is 5.55. The predicted octanol–water partition coefficient (Wildman–Crippen LogP) is 1.41. The molecule has 1 aromatic heterocycles. The average molecular weight is 210 g/mol. The van der Waals surface area contributed by atoms with Gasteiger partial charge < -0.3 is 15.5 Å². The van der Waals surface area contributed by atoms with Gasteiger partial charge in [-0.2, -0.15) is 0 Å². The van der Waals surface area contributed by atoms with E-state index in [0.717, 1.165) is 24.8 Å². The van der Waals surface area contributed by atoms with Crippen molar-refractivity contribution in [2.75, 3.05) is 6.54 Å². The molecule has 15 heavy (non-hydrogen) atoms. The quantitative estimate of drug-likeness (QED) is 0.669. The Hall–Kier alpha value is -1.29. The molecule has 0 aromatic carbocycles. The summed E-state index contributed by atoms with van der Waals surface area (Å²) in [6, 6.07) is 1.84. The summed E-state index contributed by atoms with van der Waals surface area (Å²) in [6.07, 6.45) is 6.74. The van der Waals surface area contributed by atoms with Crippen molar-refractivity contribution in [2.24, 2.45) is 5.73 Å². The highest BCUT2D eigenvalue weighted by molar-refractivity contribution is 5.75. The van der Waals surface area contributed by atoms with Gasteiger partial charge in [-0.05, 0) is 25.5 Å². The number of furan rings is 1. The smallest absolute Gasteiger partial charge is 0.220 e. The molecule has 0 bridgehead atoms. The van der Waals surface area contributed by atoms with Gasteiger partial charge in [-0.1, -0.05) is 6.42 Å². The lowest BCUT2D eigenvalue weighted by atomic mass is 10.2. The van der Waals surface area contributed by atoms with Gasteiger partial charge in [0.05, 0.1) is 12.5 Å². The van der Waals surface area contributed by atoms with Gasteiger partial charge in [-0.25, -0.2) is 0 Å². The topological polar surface area (TPSA) is 68.3 Å². The van der Waals surface area contributed by atoms with Crippen molar-refractivity contribution in [3.63, 3.8) is 0 Å².